The van der Waals surface area contributed by atoms with E-state index in [2.05, 4.69) is 20.3 Å². The fraction of sp³-hybridized carbons (Fsp3) is 0.0833. The number of fused-ring (bicyclic) bond motifs is 1. The van der Waals surface area contributed by atoms with Gasteiger partial charge in [-0.05, 0) is 29.8 Å². The van der Waals surface area contributed by atoms with Crippen LogP contribution < -0.4 is 5.32 Å². The number of rotatable bonds is 2. The Balaban J connectivity index is 2.05. The highest BCUT2D eigenvalue weighted by Crippen LogP contribution is 2.24. The number of hydrogen-bond donors (Lipinski definition) is 1. The van der Waals surface area contributed by atoms with Crippen LogP contribution in [0.3, 0.4) is 0 Å². The summed E-state index contributed by atoms with van der Waals surface area (Å²) in [5.41, 5.74) is 2.85. The minimum absolute atomic E-state index is 0.216. The van der Waals surface area contributed by atoms with Crippen LogP contribution in [0.1, 0.15) is 0 Å². The van der Waals surface area contributed by atoms with Crippen molar-refractivity contribution in [3.63, 3.8) is 0 Å². The molecule has 0 unspecified atom stereocenters. The first-order chi connectivity index (χ1) is 8.74. The third-order valence-electron chi connectivity index (χ3n) is 2.64. The summed E-state index contributed by atoms with van der Waals surface area (Å²) >= 11 is 5.75. The Morgan fingerprint density at radius 1 is 1.22 bits per heavy atom. The third-order valence-corrected chi connectivity index (χ3v) is 2.83. The molecule has 0 atom stereocenters. The maximum Gasteiger partial charge on any atom is 0.224 e. The Morgan fingerprint density at radius 3 is 2.94 bits per heavy atom. The molecule has 1 aromatic carbocycles. The lowest BCUT2D eigenvalue weighted by Crippen LogP contribution is -1.95. The van der Waals surface area contributed by atoms with Crippen molar-refractivity contribution in [1.29, 1.82) is 0 Å². The normalized spacial score (nSPS) is 10.8. The monoisotopic (exact) mass is 259 g/mol. The molecule has 0 saturated carbocycles. The summed E-state index contributed by atoms with van der Waals surface area (Å²) in [6.45, 7) is 0. The molecule has 0 radical (unpaired) electrons. The molecule has 18 heavy (non-hydrogen) atoms. The number of para-hydroxylation sites is 1. The lowest BCUT2D eigenvalue weighted by Gasteiger charge is -2.06. The molecule has 0 saturated heterocycles. The zero-order valence-corrected chi connectivity index (χ0v) is 10.4. The highest BCUT2D eigenvalue weighted by Gasteiger charge is 2.06. The molecular formula is C12H10ClN5. The molecule has 3 aromatic rings. The van der Waals surface area contributed by atoms with Gasteiger partial charge >= 0.3 is 0 Å². The van der Waals surface area contributed by atoms with Crippen molar-refractivity contribution in [2.75, 3.05) is 5.32 Å². The van der Waals surface area contributed by atoms with Gasteiger partial charge in [-0.2, -0.15) is 0 Å². The van der Waals surface area contributed by atoms with E-state index in [1.807, 2.05) is 29.8 Å². The molecule has 0 aliphatic rings. The summed E-state index contributed by atoms with van der Waals surface area (Å²) in [6, 6.07) is 7.69. The lowest BCUT2D eigenvalue weighted by atomic mass is 10.2. The number of nitrogens with zero attached hydrogens (tertiary/aromatic N) is 4. The van der Waals surface area contributed by atoms with Crippen molar-refractivity contribution in [2.24, 2.45) is 7.05 Å². The Morgan fingerprint density at radius 2 is 2.11 bits per heavy atom. The molecule has 3 rings (SSSR count). The predicted octanol–water partition coefficient (Wildman–Crippen LogP) is 2.76. The first kappa shape index (κ1) is 11.0. The average Bonchev–Trinajstić information content (AvgIpc) is 2.73. The van der Waals surface area contributed by atoms with Crippen molar-refractivity contribution in [3.8, 4) is 0 Å². The second-order valence-corrected chi connectivity index (χ2v) is 4.20. The predicted molar refractivity (Wildman–Crippen MR) is 71.0 cm³/mol. The molecule has 6 heteroatoms. The third kappa shape index (κ3) is 1.89. The summed E-state index contributed by atoms with van der Waals surface area (Å²) in [5, 5.41) is 3.41. The van der Waals surface area contributed by atoms with Gasteiger partial charge in [0.15, 0.2) is 0 Å². The largest absolute Gasteiger partial charge is 0.338 e. The smallest absolute Gasteiger partial charge is 0.224 e. The van der Waals surface area contributed by atoms with E-state index in [9.17, 15) is 0 Å². The van der Waals surface area contributed by atoms with Crippen LogP contribution in [0.25, 0.3) is 11.0 Å². The fourth-order valence-corrected chi connectivity index (χ4v) is 1.95. The van der Waals surface area contributed by atoms with Gasteiger partial charge in [-0.25, -0.2) is 15.0 Å². The van der Waals surface area contributed by atoms with Gasteiger partial charge in [-0.15, -0.1) is 0 Å². The van der Waals surface area contributed by atoms with Crippen LogP contribution in [0.2, 0.25) is 5.28 Å². The quantitative estimate of drug-likeness (QED) is 0.719. The van der Waals surface area contributed by atoms with Crippen LogP contribution in [0, 0.1) is 0 Å². The number of benzene rings is 1. The fourth-order valence-electron chi connectivity index (χ4n) is 1.80. The topological polar surface area (TPSA) is 55.6 Å². The second-order valence-electron chi connectivity index (χ2n) is 3.86. The minimum Gasteiger partial charge on any atom is -0.338 e. The first-order valence-electron chi connectivity index (χ1n) is 5.39. The maximum atomic E-state index is 5.75. The van der Waals surface area contributed by atoms with E-state index in [1.165, 1.54) is 0 Å². The van der Waals surface area contributed by atoms with Crippen molar-refractivity contribution in [3.05, 3.63) is 42.1 Å². The highest BCUT2D eigenvalue weighted by atomic mass is 35.5. The molecule has 2 aromatic heterocycles. The van der Waals surface area contributed by atoms with E-state index in [4.69, 9.17) is 11.6 Å². The van der Waals surface area contributed by atoms with E-state index >= 15 is 0 Å². The molecule has 0 amide bonds. The molecule has 0 fully saturated rings. The highest BCUT2D eigenvalue weighted by molar-refractivity contribution is 6.28. The van der Waals surface area contributed by atoms with Crippen LogP contribution in [-0.4, -0.2) is 19.5 Å². The van der Waals surface area contributed by atoms with E-state index in [0.717, 1.165) is 16.7 Å². The van der Waals surface area contributed by atoms with Gasteiger partial charge < -0.3 is 9.88 Å². The van der Waals surface area contributed by atoms with Crippen LogP contribution >= 0.6 is 11.6 Å². The Bertz CT molecular complexity index is 707. The first-order valence-corrected chi connectivity index (χ1v) is 5.77. The van der Waals surface area contributed by atoms with E-state index in [0.29, 0.717) is 5.82 Å². The van der Waals surface area contributed by atoms with Gasteiger partial charge in [-0.3, -0.25) is 0 Å². The Labute approximate surface area is 108 Å². The Hall–Kier alpha value is -2.14. The number of imidazole rings is 1. The summed E-state index contributed by atoms with van der Waals surface area (Å²) < 4.78 is 1.97. The van der Waals surface area contributed by atoms with Crippen LogP contribution in [-0.2, 0) is 7.05 Å². The van der Waals surface area contributed by atoms with Crippen molar-refractivity contribution >= 4 is 34.1 Å². The summed E-state index contributed by atoms with van der Waals surface area (Å²) in [6.07, 6.45) is 3.39. The number of hydrogen-bond acceptors (Lipinski definition) is 4. The lowest BCUT2D eigenvalue weighted by molar-refractivity contribution is 0.948. The SMILES string of the molecule is Cn1cnc2c(Nc3ccnc(Cl)n3)cccc21. The van der Waals surface area contributed by atoms with Gasteiger partial charge in [0.2, 0.25) is 5.28 Å². The summed E-state index contributed by atoms with van der Waals surface area (Å²) in [7, 11) is 1.96. The zero-order valence-electron chi connectivity index (χ0n) is 9.63. The van der Waals surface area contributed by atoms with Crippen molar-refractivity contribution in [2.45, 2.75) is 0 Å². The van der Waals surface area contributed by atoms with Gasteiger partial charge in [0, 0.05) is 13.2 Å². The average molecular weight is 260 g/mol. The van der Waals surface area contributed by atoms with Gasteiger partial charge in [0.1, 0.15) is 11.3 Å². The standard InChI is InChI=1S/C12H10ClN5/c1-18-7-15-11-8(3-2-4-9(11)18)16-10-5-6-14-12(13)17-10/h2-7H,1H3,(H,14,16,17). The van der Waals surface area contributed by atoms with Gasteiger partial charge in [-0.1, -0.05) is 6.07 Å². The molecule has 5 nitrogen and oxygen atoms in total. The zero-order chi connectivity index (χ0) is 12.5. The van der Waals surface area contributed by atoms with E-state index in [-0.39, 0.29) is 5.28 Å². The second kappa shape index (κ2) is 4.27. The number of aromatic nitrogens is 4. The molecule has 0 bridgehead atoms. The van der Waals surface area contributed by atoms with E-state index in [1.54, 1.807) is 18.6 Å². The summed E-state index contributed by atoms with van der Waals surface area (Å²) in [4.78, 5) is 12.3. The number of halogens is 1. The molecule has 0 aliphatic heterocycles. The number of aryl methyl sites for hydroxylation is 1. The minimum atomic E-state index is 0.216. The molecule has 0 spiro atoms. The van der Waals surface area contributed by atoms with Gasteiger partial charge in [0.25, 0.3) is 0 Å². The maximum absolute atomic E-state index is 5.75. The van der Waals surface area contributed by atoms with Crippen LogP contribution in [0.4, 0.5) is 11.5 Å². The van der Waals surface area contributed by atoms with Crippen LogP contribution in [0.5, 0.6) is 0 Å². The summed E-state index contributed by atoms with van der Waals surface area (Å²) in [5.74, 6) is 0.646. The molecule has 90 valence electrons. The molecule has 2 heterocycles. The van der Waals surface area contributed by atoms with Gasteiger partial charge in [0.05, 0.1) is 17.5 Å². The van der Waals surface area contributed by atoms with Crippen LogP contribution in [0.15, 0.2) is 36.8 Å². The van der Waals surface area contributed by atoms with Crippen molar-refractivity contribution in [1.82, 2.24) is 19.5 Å². The van der Waals surface area contributed by atoms with Crippen molar-refractivity contribution < 1.29 is 0 Å². The number of anilines is 2. The van der Waals surface area contributed by atoms with E-state index < -0.39 is 0 Å². The molecule has 1 N–H and O–H groups in total. The number of nitrogens with one attached hydrogen (secondary N) is 1. The molecular weight excluding hydrogens is 250 g/mol. The Kier molecular flexibility index (Phi) is 2.60. The molecule has 0 aliphatic carbocycles.